The molecule has 2 heterocycles. The number of aryl methyl sites for hydroxylation is 1. The van der Waals surface area contributed by atoms with Gasteiger partial charge in [-0.25, -0.2) is 13.2 Å². The summed E-state index contributed by atoms with van der Waals surface area (Å²) >= 11 is 0. The van der Waals surface area contributed by atoms with Gasteiger partial charge in [0.05, 0.1) is 22.6 Å². The van der Waals surface area contributed by atoms with Crippen LogP contribution in [-0.4, -0.2) is 60.9 Å². The second-order valence-corrected chi connectivity index (χ2v) is 9.47. The summed E-state index contributed by atoms with van der Waals surface area (Å²) in [5.74, 6) is -0.897. The zero-order valence-electron chi connectivity index (χ0n) is 17.0. The summed E-state index contributed by atoms with van der Waals surface area (Å²) in [5, 5.41) is 0.689. The number of esters is 1. The number of aromatic nitrogens is 1. The number of benzene rings is 1. The van der Waals surface area contributed by atoms with Crippen LogP contribution in [0.2, 0.25) is 0 Å². The van der Waals surface area contributed by atoms with Gasteiger partial charge in [-0.2, -0.15) is 0 Å². The Hall–Kier alpha value is -2.48. The second kappa shape index (κ2) is 8.49. The average Bonchev–Trinajstić information content (AvgIpc) is 3.05. The van der Waals surface area contributed by atoms with Crippen LogP contribution in [0.1, 0.15) is 41.9 Å². The number of amides is 1. The lowest BCUT2D eigenvalue weighted by molar-refractivity contribution is -0.136. The van der Waals surface area contributed by atoms with E-state index in [-0.39, 0.29) is 23.5 Å². The third-order valence-corrected chi connectivity index (χ3v) is 7.16. The van der Waals surface area contributed by atoms with Crippen LogP contribution in [0.5, 0.6) is 0 Å². The quantitative estimate of drug-likeness (QED) is 0.668. The summed E-state index contributed by atoms with van der Waals surface area (Å²) in [5.41, 5.74) is 2.69. The molecule has 0 radical (unpaired) electrons. The van der Waals surface area contributed by atoms with E-state index in [4.69, 9.17) is 4.74 Å². The monoisotopic (exact) mass is 418 g/mol. The van der Waals surface area contributed by atoms with Crippen LogP contribution in [0.4, 0.5) is 0 Å². The van der Waals surface area contributed by atoms with Crippen molar-refractivity contribution in [3.63, 3.8) is 0 Å². The van der Waals surface area contributed by atoms with Crippen molar-refractivity contribution in [3.8, 4) is 0 Å². The van der Waals surface area contributed by atoms with Gasteiger partial charge in [-0.1, -0.05) is 25.1 Å². The molecule has 3 rings (SSSR count). The number of carbonyl (C=O) groups is 2. The van der Waals surface area contributed by atoms with Crippen molar-refractivity contribution in [3.05, 3.63) is 41.1 Å². The van der Waals surface area contributed by atoms with Crippen LogP contribution in [0.15, 0.2) is 24.3 Å². The molecule has 1 fully saturated rings. The first-order valence-electron chi connectivity index (χ1n) is 9.82. The third-order valence-electron chi connectivity index (χ3n) is 5.41. The number of pyridine rings is 1. The molecule has 1 amide bonds. The summed E-state index contributed by atoms with van der Waals surface area (Å²) in [7, 11) is -3.10. The largest absolute Gasteiger partial charge is 0.452 e. The zero-order chi connectivity index (χ0) is 21.2. The normalized spacial score (nSPS) is 18.0. The van der Waals surface area contributed by atoms with Gasteiger partial charge in [-0.3, -0.25) is 9.78 Å². The van der Waals surface area contributed by atoms with Crippen molar-refractivity contribution in [1.29, 1.82) is 0 Å². The Kier molecular flexibility index (Phi) is 6.21. The molecule has 0 bridgehead atoms. The van der Waals surface area contributed by atoms with Crippen LogP contribution in [0.3, 0.4) is 0 Å². The van der Waals surface area contributed by atoms with Crippen molar-refractivity contribution < 1.29 is 22.7 Å². The number of rotatable bonds is 6. The molecular formula is C21H26N2O5S. The van der Waals surface area contributed by atoms with Gasteiger partial charge in [0.2, 0.25) is 0 Å². The number of ether oxygens (including phenoxy) is 1. The fourth-order valence-electron chi connectivity index (χ4n) is 3.91. The first-order valence-corrected chi connectivity index (χ1v) is 11.6. The molecule has 1 aliphatic rings. The van der Waals surface area contributed by atoms with E-state index < -0.39 is 22.4 Å². The van der Waals surface area contributed by atoms with E-state index in [1.165, 1.54) is 4.90 Å². The highest BCUT2D eigenvalue weighted by molar-refractivity contribution is 7.91. The molecule has 0 N–H and O–H groups in total. The highest BCUT2D eigenvalue weighted by atomic mass is 32.2. The Morgan fingerprint density at radius 2 is 1.97 bits per heavy atom. The van der Waals surface area contributed by atoms with Crippen LogP contribution in [-0.2, 0) is 25.8 Å². The summed E-state index contributed by atoms with van der Waals surface area (Å²) in [4.78, 5) is 31.6. The highest BCUT2D eigenvalue weighted by Crippen LogP contribution is 2.24. The molecule has 1 aliphatic heterocycles. The van der Waals surface area contributed by atoms with Gasteiger partial charge in [-0.05, 0) is 38.3 Å². The van der Waals surface area contributed by atoms with E-state index in [2.05, 4.69) is 4.98 Å². The van der Waals surface area contributed by atoms with E-state index in [1.54, 1.807) is 6.92 Å². The number of likely N-dealkylation sites (N-methyl/N-ethyl adjacent to an activating group) is 1. The molecule has 7 nitrogen and oxygen atoms in total. The van der Waals surface area contributed by atoms with Gasteiger partial charge in [0.15, 0.2) is 16.4 Å². The Bertz CT molecular complexity index is 1050. The number of nitrogens with zero attached hydrogens (tertiary/aromatic N) is 2. The Labute approximate surface area is 171 Å². The molecule has 1 aromatic heterocycles. The van der Waals surface area contributed by atoms with Crippen molar-refractivity contribution in [1.82, 2.24) is 9.88 Å². The molecule has 0 spiro atoms. The molecule has 156 valence electrons. The molecule has 2 aromatic rings. The maximum absolute atomic E-state index is 12.9. The summed E-state index contributed by atoms with van der Waals surface area (Å²) in [6, 6.07) is 6.99. The van der Waals surface area contributed by atoms with Gasteiger partial charge in [0.1, 0.15) is 0 Å². The zero-order valence-corrected chi connectivity index (χ0v) is 17.8. The van der Waals surface area contributed by atoms with E-state index in [0.29, 0.717) is 35.9 Å². The lowest BCUT2D eigenvalue weighted by Crippen LogP contribution is -2.43. The third kappa shape index (κ3) is 4.42. The van der Waals surface area contributed by atoms with Crippen molar-refractivity contribution in [2.75, 3.05) is 24.7 Å². The first-order chi connectivity index (χ1) is 13.8. The predicted molar refractivity (Wildman–Crippen MR) is 111 cm³/mol. The Balaban J connectivity index is 1.79. The van der Waals surface area contributed by atoms with Gasteiger partial charge in [-0.15, -0.1) is 0 Å². The number of carbonyl (C=O) groups excluding carboxylic acids is 2. The van der Waals surface area contributed by atoms with E-state index >= 15 is 0 Å². The lowest BCUT2D eigenvalue weighted by atomic mass is 10.0. The van der Waals surface area contributed by atoms with Crippen LogP contribution in [0, 0.1) is 6.92 Å². The van der Waals surface area contributed by atoms with Crippen molar-refractivity contribution in [2.45, 2.75) is 39.7 Å². The second-order valence-electron chi connectivity index (χ2n) is 7.24. The van der Waals surface area contributed by atoms with Gasteiger partial charge >= 0.3 is 5.97 Å². The summed E-state index contributed by atoms with van der Waals surface area (Å²) in [6.07, 6.45) is 1.10. The molecular weight excluding hydrogens is 392 g/mol. The fraction of sp³-hybridized carbons (Fsp3) is 0.476. The topological polar surface area (TPSA) is 93.6 Å². The minimum absolute atomic E-state index is 0.0332. The van der Waals surface area contributed by atoms with Crippen molar-refractivity contribution in [2.24, 2.45) is 0 Å². The van der Waals surface area contributed by atoms with E-state index in [9.17, 15) is 18.0 Å². The smallest absolute Gasteiger partial charge is 0.339 e. The fourth-order valence-corrected chi connectivity index (χ4v) is 5.64. The van der Waals surface area contributed by atoms with Gasteiger partial charge < -0.3 is 9.64 Å². The maximum atomic E-state index is 12.9. The molecule has 1 aromatic carbocycles. The molecule has 29 heavy (non-hydrogen) atoms. The number of sulfone groups is 1. The standard InChI is InChI=1S/C21H26N2O5S/c1-4-17-14(3)20(16-8-6-7-9-18(16)22-17)21(25)28-12-19(24)23(5-2)15-10-11-29(26,27)13-15/h6-9,15H,4-5,10-13H2,1-3H3/t15-/m1/s1. The summed E-state index contributed by atoms with van der Waals surface area (Å²) in [6.45, 7) is 5.54. The van der Waals surface area contributed by atoms with Crippen LogP contribution in [0.25, 0.3) is 10.9 Å². The van der Waals surface area contributed by atoms with Gasteiger partial charge in [0.25, 0.3) is 5.91 Å². The Morgan fingerprint density at radius 3 is 2.59 bits per heavy atom. The lowest BCUT2D eigenvalue weighted by Gasteiger charge is -2.26. The van der Waals surface area contributed by atoms with E-state index in [1.807, 2.05) is 38.1 Å². The van der Waals surface area contributed by atoms with Gasteiger partial charge in [0, 0.05) is 23.7 Å². The first kappa shape index (κ1) is 21.2. The molecule has 1 saturated heterocycles. The van der Waals surface area contributed by atoms with E-state index in [0.717, 1.165) is 11.3 Å². The number of hydrogen-bond acceptors (Lipinski definition) is 6. The number of fused-ring (bicyclic) bond motifs is 1. The minimum Gasteiger partial charge on any atom is -0.452 e. The van der Waals surface area contributed by atoms with Crippen LogP contribution < -0.4 is 0 Å². The maximum Gasteiger partial charge on any atom is 0.339 e. The summed E-state index contributed by atoms with van der Waals surface area (Å²) < 4.78 is 28.8. The average molecular weight is 419 g/mol. The number of hydrogen-bond donors (Lipinski definition) is 0. The number of para-hydroxylation sites is 1. The molecule has 0 aliphatic carbocycles. The SMILES string of the molecule is CCc1nc2ccccc2c(C(=O)OCC(=O)N(CC)[C@@H]2CCS(=O)(=O)C2)c1C. The highest BCUT2D eigenvalue weighted by Gasteiger charge is 2.34. The molecule has 0 unspecified atom stereocenters. The van der Waals surface area contributed by atoms with Crippen molar-refractivity contribution >= 4 is 32.6 Å². The minimum atomic E-state index is -3.10. The molecule has 8 heteroatoms. The predicted octanol–water partition coefficient (Wildman–Crippen LogP) is 2.30. The molecule has 0 saturated carbocycles. The van der Waals surface area contributed by atoms with Crippen LogP contribution >= 0.6 is 0 Å². The molecule has 1 atom stereocenters. The Morgan fingerprint density at radius 1 is 1.24 bits per heavy atom.